The molecule has 0 spiro atoms. The molecule has 2 aliphatic rings. The van der Waals surface area contributed by atoms with E-state index in [0.29, 0.717) is 23.8 Å². The van der Waals surface area contributed by atoms with Crippen molar-refractivity contribution in [1.29, 1.82) is 0 Å². The van der Waals surface area contributed by atoms with Crippen LogP contribution in [0.5, 0.6) is 0 Å². The minimum absolute atomic E-state index is 0.0588. The first-order valence-electron chi connectivity index (χ1n) is 7.98. The van der Waals surface area contributed by atoms with Crippen molar-refractivity contribution in [1.82, 2.24) is 15.6 Å². The van der Waals surface area contributed by atoms with Crippen LogP contribution >= 0.6 is 0 Å². The molecule has 1 aromatic heterocycles. The normalized spacial score (nSPS) is 16.9. The fourth-order valence-corrected chi connectivity index (χ4v) is 3.26. The van der Waals surface area contributed by atoms with E-state index in [1.807, 2.05) is 13.1 Å². The van der Waals surface area contributed by atoms with Crippen LogP contribution in [0.25, 0.3) is 0 Å². The molecular weight excluding hydrogens is 296 g/mol. The number of anilines is 1. The first kappa shape index (κ1) is 15.6. The molecule has 0 atom stereocenters. The third-order valence-corrected chi connectivity index (χ3v) is 4.64. The molecule has 0 bridgehead atoms. The number of nitrogens with zero attached hydrogens (tertiary/aromatic N) is 2. The number of carbonyl (C=O) groups excluding carboxylic acids is 2. The number of amides is 2. The van der Waals surface area contributed by atoms with Crippen LogP contribution in [-0.4, -0.2) is 37.1 Å². The summed E-state index contributed by atoms with van der Waals surface area (Å²) in [5, 5.41) is 5.22. The van der Waals surface area contributed by atoms with E-state index >= 15 is 0 Å². The van der Waals surface area contributed by atoms with E-state index < -0.39 is 6.09 Å². The molecule has 1 aromatic rings. The highest BCUT2D eigenvalue weighted by Gasteiger charge is 2.27. The van der Waals surface area contributed by atoms with Gasteiger partial charge in [-0.1, -0.05) is 12.8 Å². The number of ether oxygens (including phenoxy) is 1. The van der Waals surface area contributed by atoms with Crippen molar-refractivity contribution >= 4 is 17.8 Å². The number of aromatic nitrogens is 1. The van der Waals surface area contributed by atoms with Gasteiger partial charge in [0.1, 0.15) is 12.4 Å². The third-order valence-electron chi connectivity index (χ3n) is 4.64. The molecule has 0 unspecified atom stereocenters. The lowest BCUT2D eigenvalue weighted by Gasteiger charge is -2.26. The predicted octanol–water partition coefficient (Wildman–Crippen LogP) is 1.56. The molecule has 3 rings (SSSR count). The maximum atomic E-state index is 12.0. The molecule has 23 heavy (non-hydrogen) atoms. The fourth-order valence-electron chi connectivity index (χ4n) is 3.26. The smallest absolute Gasteiger partial charge is 0.407 e. The van der Waals surface area contributed by atoms with Crippen LogP contribution < -0.4 is 15.5 Å². The Kier molecular flexibility index (Phi) is 4.36. The van der Waals surface area contributed by atoms with Crippen molar-refractivity contribution < 1.29 is 14.3 Å². The standard InChI is InChI=1S/C16H22N4O3/c1-17-16(22)23-9-13-12-8-18-15(21)11(12)7-14(19-13)20(2)10-5-3-4-6-10/h7,10H,3-6,8-9H2,1-2H3,(H,17,22)(H,18,21). The average Bonchev–Trinajstić information content (AvgIpc) is 3.22. The topological polar surface area (TPSA) is 83.6 Å². The summed E-state index contributed by atoms with van der Waals surface area (Å²) in [6, 6.07) is 2.30. The molecule has 7 nitrogen and oxygen atoms in total. The van der Waals surface area contributed by atoms with Gasteiger partial charge in [0.05, 0.1) is 5.69 Å². The summed E-state index contributed by atoms with van der Waals surface area (Å²) in [6.07, 6.45) is 4.24. The summed E-state index contributed by atoms with van der Waals surface area (Å²) in [5.74, 6) is 0.674. The minimum Gasteiger partial charge on any atom is -0.443 e. The Bertz CT molecular complexity index is 626. The largest absolute Gasteiger partial charge is 0.443 e. The summed E-state index contributed by atoms with van der Waals surface area (Å²) in [5.41, 5.74) is 2.10. The molecule has 0 saturated heterocycles. The molecule has 2 N–H and O–H groups in total. The highest BCUT2D eigenvalue weighted by Crippen LogP contribution is 2.29. The van der Waals surface area contributed by atoms with Crippen molar-refractivity contribution in [2.75, 3.05) is 19.0 Å². The first-order valence-corrected chi connectivity index (χ1v) is 7.98. The number of hydrogen-bond donors (Lipinski definition) is 2. The summed E-state index contributed by atoms with van der Waals surface area (Å²) < 4.78 is 5.13. The minimum atomic E-state index is -0.507. The van der Waals surface area contributed by atoms with Crippen molar-refractivity contribution in [2.45, 2.75) is 44.9 Å². The SMILES string of the molecule is CNC(=O)OCc1nc(N(C)C2CCCC2)cc2c1CNC2=O. The van der Waals surface area contributed by atoms with E-state index in [1.54, 1.807) is 0 Å². The van der Waals surface area contributed by atoms with Crippen molar-refractivity contribution in [3.8, 4) is 0 Å². The Morgan fingerprint density at radius 3 is 2.91 bits per heavy atom. The average molecular weight is 318 g/mol. The van der Waals surface area contributed by atoms with Crippen LogP contribution in [0.2, 0.25) is 0 Å². The Morgan fingerprint density at radius 1 is 1.48 bits per heavy atom. The zero-order chi connectivity index (χ0) is 16.4. The summed E-state index contributed by atoms with van der Waals surface area (Å²) >= 11 is 0. The Labute approximate surface area is 135 Å². The van der Waals surface area contributed by atoms with Gasteiger partial charge in [-0.2, -0.15) is 0 Å². The molecule has 1 aliphatic carbocycles. The molecule has 124 valence electrons. The fraction of sp³-hybridized carbons (Fsp3) is 0.562. The van der Waals surface area contributed by atoms with Gasteiger partial charge >= 0.3 is 6.09 Å². The molecule has 0 aromatic carbocycles. The van der Waals surface area contributed by atoms with E-state index in [1.165, 1.54) is 19.9 Å². The number of pyridine rings is 1. The summed E-state index contributed by atoms with van der Waals surface area (Å²) in [4.78, 5) is 30.2. The van der Waals surface area contributed by atoms with Crippen LogP contribution in [-0.2, 0) is 17.9 Å². The third kappa shape index (κ3) is 3.09. The van der Waals surface area contributed by atoms with Gasteiger partial charge in [0.25, 0.3) is 5.91 Å². The van der Waals surface area contributed by atoms with E-state index in [-0.39, 0.29) is 12.5 Å². The van der Waals surface area contributed by atoms with Gasteiger partial charge in [-0.3, -0.25) is 4.79 Å². The number of carbonyl (C=O) groups is 2. The number of alkyl carbamates (subject to hydrolysis) is 1. The van der Waals surface area contributed by atoms with Crippen molar-refractivity contribution in [3.05, 3.63) is 22.9 Å². The maximum absolute atomic E-state index is 12.0. The van der Waals surface area contributed by atoms with Crippen LogP contribution in [0.15, 0.2) is 6.07 Å². The molecule has 1 saturated carbocycles. The number of fused-ring (bicyclic) bond motifs is 1. The second kappa shape index (κ2) is 6.44. The lowest BCUT2D eigenvalue weighted by atomic mass is 10.1. The Hall–Kier alpha value is -2.31. The molecular formula is C16H22N4O3. The monoisotopic (exact) mass is 318 g/mol. The summed E-state index contributed by atoms with van der Waals surface area (Å²) in [7, 11) is 3.52. The quantitative estimate of drug-likeness (QED) is 0.880. The van der Waals surface area contributed by atoms with Gasteiger partial charge in [0.2, 0.25) is 0 Å². The number of rotatable bonds is 4. The molecule has 0 radical (unpaired) electrons. The van der Waals surface area contributed by atoms with Gasteiger partial charge in [0, 0.05) is 37.8 Å². The van der Waals surface area contributed by atoms with Crippen molar-refractivity contribution in [3.63, 3.8) is 0 Å². The molecule has 1 fully saturated rings. The second-order valence-electron chi connectivity index (χ2n) is 6.01. The van der Waals surface area contributed by atoms with Crippen molar-refractivity contribution in [2.24, 2.45) is 0 Å². The van der Waals surface area contributed by atoms with E-state index in [0.717, 1.165) is 24.2 Å². The number of nitrogens with one attached hydrogen (secondary N) is 2. The second-order valence-corrected chi connectivity index (χ2v) is 6.01. The number of hydrogen-bond acceptors (Lipinski definition) is 5. The molecule has 1 aliphatic heterocycles. The lowest BCUT2D eigenvalue weighted by Crippen LogP contribution is -2.30. The van der Waals surface area contributed by atoms with E-state index in [9.17, 15) is 9.59 Å². The maximum Gasteiger partial charge on any atom is 0.407 e. The Balaban J connectivity index is 1.89. The molecule has 2 heterocycles. The molecule has 2 amide bonds. The van der Waals surface area contributed by atoms with Gasteiger partial charge < -0.3 is 20.3 Å². The summed E-state index contributed by atoms with van der Waals surface area (Å²) in [6.45, 7) is 0.490. The lowest BCUT2D eigenvalue weighted by molar-refractivity contribution is 0.0965. The van der Waals surface area contributed by atoms with Gasteiger partial charge in [-0.15, -0.1) is 0 Å². The zero-order valence-corrected chi connectivity index (χ0v) is 13.5. The Morgan fingerprint density at radius 2 is 2.22 bits per heavy atom. The highest BCUT2D eigenvalue weighted by atomic mass is 16.5. The first-order chi connectivity index (χ1) is 11.1. The van der Waals surface area contributed by atoms with Crippen LogP contribution in [0.4, 0.5) is 10.6 Å². The van der Waals surface area contributed by atoms with Crippen LogP contribution in [0, 0.1) is 0 Å². The van der Waals surface area contributed by atoms with Crippen LogP contribution in [0.1, 0.15) is 47.3 Å². The van der Waals surface area contributed by atoms with Gasteiger partial charge in [0.15, 0.2) is 0 Å². The van der Waals surface area contributed by atoms with E-state index in [4.69, 9.17) is 4.74 Å². The van der Waals surface area contributed by atoms with Gasteiger partial charge in [-0.25, -0.2) is 9.78 Å². The highest BCUT2D eigenvalue weighted by molar-refractivity contribution is 5.99. The molecule has 7 heteroatoms. The van der Waals surface area contributed by atoms with Crippen LogP contribution in [0.3, 0.4) is 0 Å². The van der Waals surface area contributed by atoms with Gasteiger partial charge in [-0.05, 0) is 18.9 Å². The van der Waals surface area contributed by atoms with E-state index in [2.05, 4.69) is 20.5 Å². The predicted molar refractivity (Wildman–Crippen MR) is 85.3 cm³/mol. The zero-order valence-electron chi connectivity index (χ0n) is 13.5.